The Labute approximate surface area is 91.5 Å². The molecule has 0 aromatic heterocycles. The van der Waals surface area contributed by atoms with Crippen molar-refractivity contribution >= 4 is 5.69 Å². The number of nitrogens with zero attached hydrogens (tertiary/aromatic N) is 1. The predicted octanol–water partition coefficient (Wildman–Crippen LogP) is 2.90. The lowest BCUT2D eigenvalue weighted by molar-refractivity contribution is 0.473. The molecule has 0 fully saturated rings. The maximum Gasteiger partial charge on any atom is 0.117 e. The van der Waals surface area contributed by atoms with E-state index in [1.54, 1.807) is 0 Å². The number of likely N-dealkylation sites (N-methyl/N-ethyl adjacent to an activating group) is 1. The van der Waals surface area contributed by atoms with Gasteiger partial charge in [-0.05, 0) is 36.0 Å². The monoisotopic (exact) mass is 205 g/mol. The van der Waals surface area contributed by atoms with Gasteiger partial charge in [0.15, 0.2) is 0 Å². The summed E-state index contributed by atoms with van der Waals surface area (Å²) >= 11 is 0. The Kier molecular flexibility index (Phi) is 2.59. The van der Waals surface area contributed by atoms with Crippen LogP contribution in [0.25, 0.3) is 0 Å². The summed E-state index contributed by atoms with van der Waals surface area (Å²) in [5.41, 5.74) is 3.98. The van der Waals surface area contributed by atoms with E-state index in [2.05, 4.69) is 25.8 Å². The van der Waals surface area contributed by atoms with Gasteiger partial charge in [-0.15, -0.1) is 0 Å². The van der Waals surface area contributed by atoms with Gasteiger partial charge in [0.2, 0.25) is 0 Å². The van der Waals surface area contributed by atoms with Crippen LogP contribution in [0.2, 0.25) is 0 Å². The topological polar surface area (TPSA) is 23.5 Å². The van der Waals surface area contributed by atoms with Crippen molar-refractivity contribution in [2.45, 2.75) is 32.6 Å². The van der Waals surface area contributed by atoms with E-state index in [9.17, 15) is 5.11 Å². The lowest BCUT2D eigenvalue weighted by Gasteiger charge is -2.17. The molecule has 1 aromatic rings. The first-order chi connectivity index (χ1) is 7.13. The Morgan fingerprint density at radius 1 is 1.47 bits per heavy atom. The van der Waals surface area contributed by atoms with Crippen molar-refractivity contribution in [1.82, 2.24) is 0 Å². The van der Waals surface area contributed by atoms with Gasteiger partial charge in [0.05, 0.1) is 0 Å². The molecule has 1 aromatic carbocycles. The van der Waals surface area contributed by atoms with Crippen molar-refractivity contribution in [2.24, 2.45) is 0 Å². The molecule has 0 saturated heterocycles. The van der Waals surface area contributed by atoms with E-state index < -0.39 is 0 Å². The Morgan fingerprint density at radius 3 is 2.87 bits per heavy atom. The summed E-state index contributed by atoms with van der Waals surface area (Å²) < 4.78 is 0. The zero-order chi connectivity index (χ0) is 11.0. The molecule has 2 heteroatoms. The second-order valence-corrected chi connectivity index (χ2v) is 4.51. The van der Waals surface area contributed by atoms with Gasteiger partial charge in [0.1, 0.15) is 5.75 Å². The molecule has 1 atom stereocenters. The van der Waals surface area contributed by atoms with Gasteiger partial charge in [0, 0.05) is 25.3 Å². The summed E-state index contributed by atoms with van der Waals surface area (Å²) in [6, 6.07) is 3.82. The maximum absolute atomic E-state index is 9.71. The lowest BCUT2D eigenvalue weighted by Crippen LogP contribution is -2.12. The summed E-state index contributed by atoms with van der Waals surface area (Å²) in [6.45, 7) is 5.50. The van der Waals surface area contributed by atoms with E-state index in [-0.39, 0.29) is 0 Å². The first-order valence-corrected chi connectivity index (χ1v) is 5.70. The zero-order valence-corrected chi connectivity index (χ0v) is 9.75. The van der Waals surface area contributed by atoms with Crippen molar-refractivity contribution in [1.29, 1.82) is 0 Å². The number of anilines is 1. The molecule has 0 amide bonds. The van der Waals surface area contributed by atoms with Gasteiger partial charge in [-0.25, -0.2) is 0 Å². The van der Waals surface area contributed by atoms with Crippen LogP contribution < -0.4 is 4.90 Å². The fourth-order valence-electron chi connectivity index (χ4n) is 2.34. The number of aromatic hydroxyl groups is 1. The van der Waals surface area contributed by atoms with Crippen molar-refractivity contribution in [2.75, 3.05) is 18.5 Å². The summed E-state index contributed by atoms with van der Waals surface area (Å²) in [5, 5.41) is 9.71. The van der Waals surface area contributed by atoms with Gasteiger partial charge in [-0.2, -0.15) is 0 Å². The summed E-state index contributed by atoms with van der Waals surface area (Å²) in [4.78, 5) is 2.22. The smallest absolute Gasteiger partial charge is 0.117 e. The SMILES string of the molecule is CCC(C)c1cc(O)cc2c1CCN2C. The molecular formula is C13H19NO. The fraction of sp³-hybridized carbons (Fsp3) is 0.538. The molecule has 2 nitrogen and oxygen atoms in total. The molecule has 15 heavy (non-hydrogen) atoms. The largest absolute Gasteiger partial charge is 0.508 e. The highest BCUT2D eigenvalue weighted by Crippen LogP contribution is 2.37. The highest BCUT2D eigenvalue weighted by molar-refractivity contribution is 5.64. The van der Waals surface area contributed by atoms with Crippen molar-refractivity contribution in [3.8, 4) is 5.75 Å². The highest BCUT2D eigenvalue weighted by atomic mass is 16.3. The Morgan fingerprint density at radius 2 is 2.20 bits per heavy atom. The lowest BCUT2D eigenvalue weighted by atomic mass is 9.92. The van der Waals surface area contributed by atoms with Gasteiger partial charge in [-0.3, -0.25) is 0 Å². The molecule has 1 unspecified atom stereocenters. The van der Waals surface area contributed by atoms with E-state index >= 15 is 0 Å². The second-order valence-electron chi connectivity index (χ2n) is 4.51. The molecule has 0 bridgehead atoms. The second kappa shape index (κ2) is 3.76. The average molecular weight is 205 g/mol. The summed E-state index contributed by atoms with van der Waals surface area (Å²) in [7, 11) is 2.09. The summed E-state index contributed by atoms with van der Waals surface area (Å²) in [6.07, 6.45) is 2.24. The van der Waals surface area contributed by atoms with E-state index in [1.165, 1.54) is 16.8 Å². The number of phenols is 1. The van der Waals surface area contributed by atoms with Crippen LogP contribution in [0.5, 0.6) is 5.75 Å². The van der Waals surface area contributed by atoms with Crippen LogP contribution >= 0.6 is 0 Å². The third kappa shape index (κ3) is 1.69. The molecule has 2 rings (SSSR count). The van der Waals surface area contributed by atoms with Gasteiger partial charge in [-0.1, -0.05) is 13.8 Å². The van der Waals surface area contributed by atoms with E-state index in [1.807, 2.05) is 12.1 Å². The van der Waals surface area contributed by atoms with Crippen LogP contribution in [0.1, 0.15) is 37.3 Å². The highest BCUT2D eigenvalue weighted by Gasteiger charge is 2.21. The first-order valence-electron chi connectivity index (χ1n) is 5.70. The van der Waals surface area contributed by atoms with Gasteiger partial charge < -0.3 is 10.0 Å². The molecule has 1 heterocycles. The Hall–Kier alpha value is -1.18. The minimum atomic E-state index is 0.401. The molecular weight excluding hydrogens is 186 g/mol. The van der Waals surface area contributed by atoms with E-state index in [0.717, 1.165) is 19.4 Å². The Balaban J connectivity index is 2.51. The van der Waals surface area contributed by atoms with Crippen LogP contribution in [-0.2, 0) is 6.42 Å². The molecule has 82 valence electrons. The van der Waals surface area contributed by atoms with Crippen LogP contribution in [-0.4, -0.2) is 18.7 Å². The number of benzene rings is 1. The maximum atomic E-state index is 9.71. The molecule has 0 spiro atoms. The van der Waals surface area contributed by atoms with Crippen LogP contribution in [0.15, 0.2) is 12.1 Å². The number of rotatable bonds is 2. The average Bonchev–Trinajstić information content (AvgIpc) is 2.58. The number of phenolic OH excluding ortho intramolecular Hbond substituents is 1. The molecule has 1 N–H and O–H groups in total. The van der Waals surface area contributed by atoms with Crippen LogP contribution in [0, 0.1) is 0 Å². The molecule has 0 saturated carbocycles. The summed E-state index contributed by atoms with van der Waals surface area (Å²) in [5.74, 6) is 0.940. The van der Waals surface area contributed by atoms with Gasteiger partial charge >= 0.3 is 0 Å². The minimum Gasteiger partial charge on any atom is -0.508 e. The van der Waals surface area contributed by atoms with Crippen LogP contribution in [0.4, 0.5) is 5.69 Å². The first kappa shape index (κ1) is 10.3. The number of hydrogen-bond acceptors (Lipinski definition) is 2. The van der Waals surface area contributed by atoms with E-state index in [0.29, 0.717) is 11.7 Å². The minimum absolute atomic E-state index is 0.401. The van der Waals surface area contributed by atoms with Crippen molar-refractivity contribution < 1.29 is 5.11 Å². The normalized spacial score (nSPS) is 16.6. The van der Waals surface area contributed by atoms with Crippen molar-refractivity contribution in [3.05, 3.63) is 23.3 Å². The zero-order valence-electron chi connectivity index (χ0n) is 9.75. The van der Waals surface area contributed by atoms with Crippen LogP contribution in [0.3, 0.4) is 0 Å². The molecule has 0 radical (unpaired) electrons. The van der Waals surface area contributed by atoms with E-state index in [4.69, 9.17) is 0 Å². The molecule has 1 aliphatic heterocycles. The molecule has 0 aliphatic carbocycles. The number of hydrogen-bond donors (Lipinski definition) is 1. The Bertz CT molecular complexity index is 373. The standard InChI is InChI=1S/C13H19NO/c1-4-9(2)12-7-10(15)8-13-11(12)5-6-14(13)3/h7-9,15H,4-6H2,1-3H3. The quantitative estimate of drug-likeness (QED) is 0.802. The fourth-order valence-corrected chi connectivity index (χ4v) is 2.34. The molecule has 1 aliphatic rings. The third-order valence-corrected chi connectivity index (χ3v) is 3.50. The van der Waals surface area contributed by atoms with Crippen molar-refractivity contribution in [3.63, 3.8) is 0 Å². The predicted molar refractivity (Wildman–Crippen MR) is 63.8 cm³/mol. The third-order valence-electron chi connectivity index (χ3n) is 3.50. The number of fused-ring (bicyclic) bond motifs is 1. The van der Waals surface area contributed by atoms with Gasteiger partial charge in [0.25, 0.3) is 0 Å².